The van der Waals surface area contributed by atoms with Crippen molar-refractivity contribution in [2.75, 3.05) is 20.6 Å². The number of hydrogen-bond donors (Lipinski definition) is 0. The van der Waals surface area contributed by atoms with Gasteiger partial charge in [-0.2, -0.15) is 0 Å². The van der Waals surface area contributed by atoms with Crippen LogP contribution < -0.4 is 0 Å². The molecule has 0 bridgehead atoms. The van der Waals surface area contributed by atoms with E-state index in [2.05, 4.69) is 69.3 Å². The lowest BCUT2D eigenvalue weighted by Gasteiger charge is -2.09. The van der Waals surface area contributed by atoms with Gasteiger partial charge >= 0.3 is 0 Å². The van der Waals surface area contributed by atoms with Crippen molar-refractivity contribution in [3.8, 4) is 0 Å². The van der Waals surface area contributed by atoms with Gasteiger partial charge < -0.3 is 4.90 Å². The van der Waals surface area contributed by atoms with E-state index in [-0.39, 0.29) is 0 Å². The number of benzene rings is 1. The maximum atomic E-state index is 2.23. The van der Waals surface area contributed by atoms with Gasteiger partial charge in [0.05, 0.1) is 0 Å². The Morgan fingerprint density at radius 2 is 1.87 bits per heavy atom. The Bertz CT molecular complexity index is 324. The average molecular weight is 203 g/mol. The van der Waals surface area contributed by atoms with Crippen molar-refractivity contribution >= 4 is 6.08 Å². The van der Waals surface area contributed by atoms with Crippen LogP contribution in [0.25, 0.3) is 6.08 Å². The van der Waals surface area contributed by atoms with Crippen molar-refractivity contribution in [2.45, 2.75) is 19.8 Å². The van der Waals surface area contributed by atoms with Crippen molar-refractivity contribution in [2.24, 2.45) is 0 Å². The lowest BCUT2D eigenvalue weighted by molar-refractivity contribution is 0.457. The topological polar surface area (TPSA) is 3.24 Å². The van der Waals surface area contributed by atoms with Gasteiger partial charge in [0.15, 0.2) is 0 Å². The van der Waals surface area contributed by atoms with Gasteiger partial charge in [0.1, 0.15) is 0 Å². The van der Waals surface area contributed by atoms with Crippen molar-refractivity contribution in [1.82, 2.24) is 4.90 Å². The molecule has 0 aliphatic carbocycles. The smallest absolute Gasteiger partial charge is 0.0160 e. The number of rotatable bonds is 4. The van der Waals surface area contributed by atoms with Crippen LogP contribution in [0.4, 0.5) is 0 Å². The monoisotopic (exact) mass is 203 g/mol. The Kier molecular flexibility index (Phi) is 4.57. The quantitative estimate of drug-likeness (QED) is 0.725. The largest absolute Gasteiger partial charge is 0.306 e. The summed E-state index contributed by atoms with van der Waals surface area (Å²) >= 11 is 0. The Balaban J connectivity index is 2.80. The highest BCUT2D eigenvalue weighted by molar-refractivity contribution is 5.54. The molecule has 82 valence electrons. The van der Waals surface area contributed by atoms with Gasteiger partial charge in [-0.15, -0.1) is 0 Å². The molecule has 0 N–H and O–H groups in total. The molecule has 0 amide bonds. The van der Waals surface area contributed by atoms with Crippen LogP contribution in [-0.4, -0.2) is 25.5 Å². The fourth-order valence-electron chi connectivity index (χ4n) is 1.58. The molecule has 0 radical (unpaired) electrons. The lowest BCUT2D eigenvalue weighted by Crippen LogP contribution is -2.10. The molecule has 15 heavy (non-hydrogen) atoms. The summed E-state index contributed by atoms with van der Waals surface area (Å²) < 4.78 is 0. The molecular formula is C14H21N. The second kappa shape index (κ2) is 5.72. The predicted octanol–water partition coefficient (Wildman–Crippen LogP) is 3.38. The zero-order valence-electron chi connectivity index (χ0n) is 10.2. The van der Waals surface area contributed by atoms with Gasteiger partial charge in [-0.3, -0.25) is 0 Å². The maximum Gasteiger partial charge on any atom is 0.0160 e. The summed E-state index contributed by atoms with van der Waals surface area (Å²) in [5, 5.41) is 0. The minimum atomic E-state index is 0.588. The number of likely N-dealkylation sites (N-methyl/N-ethyl adjacent to an activating group) is 1. The molecule has 1 aromatic carbocycles. The standard InChI is InChI=1S/C14H21N/c1-12(2)14-10-6-5-8-13(14)9-7-11-15(3)4/h5-10,12H,11H2,1-4H3/b9-7+. The average Bonchev–Trinajstić information content (AvgIpc) is 2.17. The van der Waals surface area contributed by atoms with Gasteiger partial charge in [-0.1, -0.05) is 50.3 Å². The predicted molar refractivity (Wildman–Crippen MR) is 68.1 cm³/mol. The first-order chi connectivity index (χ1) is 7.11. The molecule has 0 aliphatic heterocycles. The molecule has 0 aromatic heterocycles. The third-order valence-corrected chi connectivity index (χ3v) is 2.39. The second-order valence-corrected chi connectivity index (χ2v) is 4.45. The number of hydrogen-bond acceptors (Lipinski definition) is 1. The Morgan fingerprint density at radius 3 is 2.47 bits per heavy atom. The summed E-state index contributed by atoms with van der Waals surface area (Å²) in [4.78, 5) is 2.16. The molecule has 0 saturated heterocycles. The molecule has 1 rings (SSSR count). The normalized spacial score (nSPS) is 11.9. The van der Waals surface area contributed by atoms with E-state index in [0.717, 1.165) is 6.54 Å². The zero-order chi connectivity index (χ0) is 11.3. The summed E-state index contributed by atoms with van der Waals surface area (Å²) in [6.07, 6.45) is 4.43. The van der Waals surface area contributed by atoms with Crippen LogP contribution in [0.2, 0.25) is 0 Å². The molecule has 0 fully saturated rings. The van der Waals surface area contributed by atoms with Gasteiger partial charge in [0, 0.05) is 6.54 Å². The molecular weight excluding hydrogens is 182 g/mol. The van der Waals surface area contributed by atoms with E-state index in [4.69, 9.17) is 0 Å². The van der Waals surface area contributed by atoms with Crippen LogP contribution >= 0.6 is 0 Å². The zero-order valence-corrected chi connectivity index (χ0v) is 10.2. The van der Waals surface area contributed by atoms with Gasteiger partial charge in [0.2, 0.25) is 0 Å². The highest BCUT2D eigenvalue weighted by Crippen LogP contribution is 2.20. The highest BCUT2D eigenvalue weighted by atomic mass is 15.0. The van der Waals surface area contributed by atoms with Crippen LogP contribution in [0.15, 0.2) is 30.3 Å². The van der Waals surface area contributed by atoms with Crippen LogP contribution in [0.3, 0.4) is 0 Å². The van der Waals surface area contributed by atoms with E-state index in [1.807, 2.05) is 0 Å². The fraction of sp³-hybridized carbons (Fsp3) is 0.429. The number of nitrogens with zero attached hydrogens (tertiary/aromatic N) is 1. The second-order valence-electron chi connectivity index (χ2n) is 4.45. The van der Waals surface area contributed by atoms with Gasteiger partial charge in [-0.05, 0) is 31.1 Å². The van der Waals surface area contributed by atoms with Crippen molar-refractivity contribution in [3.63, 3.8) is 0 Å². The van der Waals surface area contributed by atoms with Crippen LogP contribution in [0.5, 0.6) is 0 Å². The minimum Gasteiger partial charge on any atom is -0.306 e. The van der Waals surface area contributed by atoms with E-state index >= 15 is 0 Å². The molecule has 1 heteroatoms. The molecule has 0 atom stereocenters. The summed E-state index contributed by atoms with van der Waals surface area (Å²) in [6, 6.07) is 8.60. The molecule has 0 spiro atoms. The summed E-state index contributed by atoms with van der Waals surface area (Å²) in [7, 11) is 4.16. The van der Waals surface area contributed by atoms with E-state index in [9.17, 15) is 0 Å². The van der Waals surface area contributed by atoms with Gasteiger partial charge in [0.25, 0.3) is 0 Å². The first-order valence-electron chi connectivity index (χ1n) is 5.51. The maximum absolute atomic E-state index is 2.23. The van der Waals surface area contributed by atoms with E-state index in [0.29, 0.717) is 5.92 Å². The highest BCUT2D eigenvalue weighted by Gasteiger charge is 2.02. The van der Waals surface area contributed by atoms with Crippen molar-refractivity contribution in [1.29, 1.82) is 0 Å². The third-order valence-electron chi connectivity index (χ3n) is 2.39. The molecule has 0 unspecified atom stereocenters. The Labute approximate surface area is 93.4 Å². The first-order valence-corrected chi connectivity index (χ1v) is 5.51. The molecule has 0 saturated carbocycles. The first kappa shape index (κ1) is 12.0. The lowest BCUT2D eigenvalue weighted by atomic mass is 9.97. The molecule has 0 aliphatic rings. The third kappa shape index (κ3) is 3.88. The van der Waals surface area contributed by atoms with Crippen molar-refractivity contribution in [3.05, 3.63) is 41.5 Å². The Morgan fingerprint density at radius 1 is 1.20 bits per heavy atom. The molecule has 1 aromatic rings. The van der Waals surface area contributed by atoms with Crippen molar-refractivity contribution < 1.29 is 0 Å². The van der Waals surface area contributed by atoms with Crippen LogP contribution in [0.1, 0.15) is 30.9 Å². The summed E-state index contributed by atoms with van der Waals surface area (Å²) in [5.41, 5.74) is 2.77. The Hall–Kier alpha value is -1.08. The van der Waals surface area contributed by atoms with E-state index < -0.39 is 0 Å². The van der Waals surface area contributed by atoms with Gasteiger partial charge in [-0.25, -0.2) is 0 Å². The minimum absolute atomic E-state index is 0.588. The summed E-state index contributed by atoms with van der Waals surface area (Å²) in [5.74, 6) is 0.588. The van der Waals surface area contributed by atoms with E-state index in [1.54, 1.807) is 0 Å². The molecule has 0 heterocycles. The molecule has 1 nitrogen and oxygen atoms in total. The summed E-state index contributed by atoms with van der Waals surface area (Å²) in [6.45, 7) is 5.46. The van der Waals surface area contributed by atoms with Crippen LogP contribution in [0, 0.1) is 0 Å². The SMILES string of the molecule is CC(C)c1ccccc1/C=C/CN(C)C. The van der Waals surface area contributed by atoms with E-state index in [1.165, 1.54) is 11.1 Å². The fourth-order valence-corrected chi connectivity index (χ4v) is 1.58. The van der Waals surface area contributed by atoms with Crippen LogP contribution in [-0.2, 0) is 0 Å².